The molecule has 1 aliphatic heterocycles. The molecule has 170 valence electrons. The average molecular weight is 433 g/mol. The van der Waals surface area contributed by atoms with E-state index in [1.165, 1.54) is 25.9 Å². The van der Waals surface area contributed by atoms with Crippen molar-refractivity contribution >= 4 is 0 Å². The fraction of sp³-hybridized carbons (Fsp3) is 0.536. The minimum absolute atomic E-state index is 0.698. The highest BCUT2D eigenvalue weighted by molar-refractivity contribution is 5.42. The van der Waals surface area contributed by atoms with Gasteiger partial charge in [-0.3, -0.25) is 4.90 Å². The van der Waals surface area contributed by atoms with Crippen LogP contribution >= 0.6 is 0 Å². The topological polar surface area (TPSA) is 45.6 Å². The Hall–Kier alpha value is -2.35. The molecule has 0 unspecified atom stereocenters. The third-order valence-corrected chi connectivity index (χ3v) is 7.14. The van der Waals surface area contributed by atoms with Crippen LogP contribution in [0.2, 0.25) is 0 Å². The quantitative estimate of drug-likeness (QED) is 0.676. The number of ether oxygens (including phenoxy) is 1. The summed E-state index contributed by atoms with van der Waals surface area (Å²) in [6.45, 7) is 8.68. The molecular formula is C28H36N2O2. The second-order valence-corrected chi connectivity index (χ2v) is 9.79. The lowest BCUT2D eigenvalue weighted by atomic mass is 9.76. The van der Waals surface area contributed by atoms with Gasteiger partial charge in [0.05, 0.1) is 5.60 Å². The van der Waals surface area contributed by atoms with E-state index in [2.05, 4.69) is 35.6 Å². The van der Waals surface area contributed by atoms with Gasteiger partial charge in [-0.05, 0) is 99.7 Å². The van der Waals surface area contributed by atoms with Crippen LogP contribution in [0.4, 0.5) is 0 Å². The van der Waals surface area contributed by atoms with Crippen LogP contribution < -0.4 is 4.74 Å². The Morgan fingerprint density at radius 3 is 2.31 bits per heavy atom. The molecule has 4 nitrogen and oxygen atoms in total. The normalized spacial score (nSPS) is 24.5. The minimum Gasteiger partial charge on any atom is -0.492 e. The number of likely N-dealkylation sites (tertiary alicyclic amines) is 1. The van der Waals surface area contributed by atoms with Gasteiger partial charge in [0.15, 0.2) is 0 Å². The first-order chi connectivity index (χ1) is 15.5. The standard InChI is InChI=1S/C28H36N2O2/c1-22-11-15-28(31,16-12-22)25-6-8-26(29-21-25)7-3-24-4-9-27(10-5-24)32-20-19-30-17-13-23(2)14-18-30/h4-6,8-10,21-23,31H,11-20H2,1-2H3/t22-,28-. The van der Waals surface area contributed by atoms with Crippen molar-refractivity contribution in [3.05, 3.63) is 59.4 Å². The molecule has 1 saturated carbocycles. The van der Waals surface area contributed by atoms with Gasteiger partial charge in [0.25, 0.3) is 0 Å². The first kappa shape index (κ1) is 22.8. The summed E-state index contributed by atoms with van der Waals surface area (Å²) in [5.41, 5.74) is 1.84. The lowest BCUT2D eigenvalue weighted by Crippen LogP contribution is -2.35. The molecule has 2 aromatic rings. The molecule has 4 rings (SSSR count). The summed E-state index contributed by atoms with van der Waals surface area (Å²) in [6, 6.07) is 11.8. The maximum absolute atomic E-state index is 10.9. The van der Waals surface area contributed by atoms with E-state index >= 15 is 0 Å². The largest absolute Gasteiger partial charge is 0.492 e. The first-order valence-electron chi connectivity index (χ1n) is 12.2. The molecule has 4 heteroatoms. The first-order valence-corrected chi connectivity index (χ1v) is 12.2. The predicted molar refractivity (Wildman–Crippen MR) is 129 cm³/mol. The Morgan fingerprint density at radius 2 is 1.66 bits per heavy atom. The van der Waals surface area contributed by atoms with E-state index < -0.39 is 5.60 Å². The van der Waals surface area contributed by atoms with E-state index in [1.807, 2.05) is 36.4 Å². The van der Waals surface area contributed by atoms with Gasteiger partial charge in [0.1, 0.15) is 18.1 Å². The lowest BCUT2D eigenvalue weighted by molar-refractivity contribution is -0.0123. The van der Waals surface area contributed by atoms with Gasteiger partial charge in [-0.1, -0.05) is 25.8 Å². The number of pyridine rings is 1. The number of rotatable bonds is 5. The molecule has 1 aromatic heterocycles. The summed E-state index contributed by atoms with van der Waals surface area (Å²) in [5.74, 6) is 8.75. The van der Waals surface area contributed by atoms with Gasteiger partial charge >= 0.3 is 0 Å². The number of aliphatic hydroxyl groups is 1. The summed E-state index contributed by atoms with van der Waals surface area (Å²) in [7, 11) is 0. The highest BCUT2D eigenvalue weighted by atomic mass is 16.5. The highest BCUT2D eigenvalue weighted by Gasteiger charge is 2.33. The van der Waals surface area contributed by atoms with Crippen molar-refractivity contribution in [2.45, 2.75) is 58.0 Å². The van der Waals surface area contributed by atoms with Crippen LogP contribution in [0.5, 0.6) is 5.75 Å². The molecule has 32 heavy (non-hydrogen) atoms. The van der Waals surface area contributed by atoms with E-state index in [0.717, 1.165) is 67.3 Å². The summed E-state index contributed by atoms with van der Waals surface area (Å²) in [5, 5.41) is 10.9. The Bertz CT molecular complexity index is 911. The van der Waals surface area contributed by atoms with Gasteiger partial charge in [-0.15, -0.1) is 0 Å². The Labute approximate surface area is 193 Å². The minimum atomic E-state index is -0.728. The number of aromatic nitrogens is 1. The summed E-state index contributed by atoms with van der Waals surface area (Å²) < 4.78 is 5.91. The Morgan fingerprint density at radius 1 is 0.969 bits per heavy atom. The molecule has 0 spiro atoms. The van der Waals surface area contributed by atoms with Crippen LogP contribution in [0.15, 0.2) is 42.6 Å². The second kappa shape index (κ2) is 10.5. The summed E-state index contributed by atoms with van der Waals surface area (Å²) >= 11 is 0. The van der Waals surface area contributed by atoms with Crippen molar-refractivity contribution in [1.82, 2.24) is 9.88 Å². The van der Waals surface area contributed by atoms with Gasteiger partial charge in [-0.25, -0.2) is 4.98 Å². The van der Waals surface area contributed by atoms with Gasteiger partial charge in [0, 0.05) is 23.9 Å². The van der Waals surface area contributed by atoms with Crippen LogP contribution in [0, 0.1) is 23.7 Å². The predicted octanol–water partition coefficient (Wildman–Crippen LogP) is 4.99. The zero-order valence-corrected chi connectivity index (χ0v) is 19.5. The third-order valence-electron chi connectivity index (χ3n) is 7.14. The molecule has 2 aliphatic rings. The molecule has 0 bridgehead atoms. The van der Waals surface area contributed by atoms with Crippen molar-refractivity contribution < 1.29 is 9.84 Å². The van der Waals surface area contributed by atoms with E-state index in [1.54, 1.807) is 6.20 Å². The lowest BCUT2D eigenvalue weighted by Gasteiger charge is -2.35. The van der Waals surface area contributed by atoms with E-state index in [4.69, 9.17) is 4.74 Å². The number of nitrogens with zero attached hydrogens (tertiary/aromatic N) is 2. The van der Waals surface area contributed by atoms with Crippen LogP contribution in [0.25, 0.3) is 0 Å². The molecule has 0 radical (unpaired) electrons. The van der Waals surface area contributed by atoms with Crippen LogP contribution in [-0.4, -0.2) is 41.2 Å². The average Bonchev–Trinajstić information content (AvgIpc) is 2.82. The number of piperidine rings is 1. The third kappa shape index (κ3) is 6.12. The smallest absolute Gasteiger partial charge is 0.119 e. The number of hydrogen-bond acceptors (Lipinski definition) is 4. The van der Waals surface area contributed by atoms with Gasteiger partial charge < -0.3 is 9.84 Å². The molecule has 1 N–H and O–H groups in total. The zero-order valence-electron chi connectivity index (χ0n) is 19.5. The van der Waals surface area contributed by atoms with Crippen LogP contribution in [0.1, 0.15) is 69.2 Å². The fourth-order valence-corrected chi connectivity index (χ4v) is 4.62. The molecule has 1 aliphatic carbocycles. The fourth-order valence-electron chi connectivity index (χ4n) is 4.62. The van der Waals surface area contributed by atoms with Crippen molar-refractivity contribution in [3.63, 3.8) is 0 Å². The maximum Gasteiger partial charge on any atom is 0.119 e. The highest BCUT2D eigenvalue weighted by Crippen LogP contribution is 2.38. The Kier molecular flexibility index (Phi) is 7.50. The zero-order chi connectivity index (χ0) is 22.4. The van der Waals surface area contributed by atoms with Crippen molar-refractivity contribution in [2.75, 3.05) is 26.2 Å². The van der Waals surface area contributed by atoms with E-state index in [-0.39, 0.29) is 0 Å². The SMILES string of the molecule is CC1CCN(CCOc2ccc(C#Cc3ccc([C@]4(O)CC[C@H](C)CC4)cn3)cc2)CC1. The molecule has 1 aromatic carbocycles. The molecule has 2 fully saturated rings. The number of benzene rings is 1. The molecule has 1 saturated heterocycles. The van der Waals surface area contributed by atoms with Crippen molar-refractivity contribution in [3.8, 4) is 17.6 Å². The molecule has 0 amide bonds. The maximum atomic E-state index is 10.9. The van der Waals surface area contributed by atoms with E-state index in [0.29, 0.717) is 5.92 Å². The monoisotopic (exact) mass is 432 g/mol. The van der Waals surface area contributed by atoms with E-state index in [9.17, 15) is 5.11 Å². The van der Waals surface area contributed by atoms with Crippen LogP contribution in [-0.2, 0) is 5.60 Å². The summed E-state index contributed by atoms with van der Waals surface area (Å²) in [4.78, 5) is 6.97. The van der Waals surface area contributed by atoms with Gasteiger partial charge in [-0.2, -0.15) is 0 Å². The van der Waals surface area contributed by atoms with Crippen molar-refractivity contribution in [2.24, 2.45) is 11.8 Å². The Balaban J connectivity index is 1.27. The molecule has 0 atom stereocenters. The second-order valence-electron chi connectivity index (χ2n) is 9.79. The van der Waals surface area contributed by atoms with Gasteiger partial charge in [0.2, 0.25) is 0 Å². The molecule has 2 heterocycles. The summed E-state index contributed by atoms with van der Waals surface area (Å²) in [6.07, 6.45) is 8.14. The van der Waals surface area contributed by atoms with Crippen LogP contribution in [0.3, 0.4) is 0 Å². The number of hydrogen-bond donors (Lipinski definition) is 1. The molecular weight excluding hydrogens is 396 g/mol. The van der Waals surface area contributed by atoms with Crippen molar-refractivity contribution in [1.29, 1.82) is 0 Å².